The molecule has 1 aromatic heterocycles. The van der Waals surface area contributed by atoms with Crippen molar-refractivity contribution < 1.29 is 5.11 Å². The Labute approximate surface area is 104 Å². The molecule has 0 radical (unpaired) electrons. The van der Waals surface area contributed by atoms with Crippen molar-refractivity contribution in [2.75, 3.05) is 6.61 Å². The molecule has 0 aliphatic heterocycles. The molecular formula is C13H13ClOS. The van der Waals surface area contributed by atoms with Gasteiger partial charge >= 0.3 is 0 Å². The Morgan fingerprint density at radius 2 is 2.12 bits per heavy atom. The Bertz CT molecular complexity index is 439. The summed E-state index contributed by atoms with van der Waals surface area (Å²) in [5.74, 6) is 0.136. The van der Waals surface area contributed by atoms with Crippen LogP contribution in [0.5, 0.6) is 0 Å². The van der Waals surface area contributed by atoms with E-state index in [0.29, 0.717) is 0 Å². The van der Waals surface area contributed by atoms with E-state index in [1.54, 1.807) is 11.3 Å². The minimum atomic E-state index is 0.136. The van der Waals surface area contributed by atoms with Crippen LogP contribution in [0.3, 0.4) is 0 Å². The molecular weight excluding hydrogens is 240 g/mol. The van der Waals surface area contributed by atoms with E-state index in [9.17, 15) is 5.11 Å². The van der Waals surface area contributed by atoms with Crippen molar-refractivity contribution in [3.8, 4) is 0 Å². The van der Waals surface area contributed by atoms with Gasteiger partial charge in [0.2, 0.25) is 0 Å². The van der Waals surface area contributed by atoms with Crippen molar-refractivity contribution in [1.29, 1.82) is 0 Å². The predicted molar refractivity (Wildman–Crippen MR) is 69.3 cm³/mol. The maximum atomic E-state index is 9.43. The molecule has 1 heterocycles. The first-order chi connectivity index (χ1) is 7.79. The molecule has 1 aromatic carbocycles. The highest BCUT2D eigenvalue weighted by Gasteiger charge is 2.12. The van der Waals surface area contributed by atoms with Crippen LogP contribution in [0.2, 0.25) is 5.02 Å². The molecule has 16 heavy (non-hydrogen) atoms. The van der Waals surface area contributed by atoms with Crippen molar-refractivity contribution in [2.24, 2.45) is 0 Å². The molecule has 0 saturated heterocycles. The molecule has 0 amide bonds. The average Bonchev–Trinajstić information content (AvgIpc) is 2.78. The zero-order valence-electron chi connectivity index (χ0n) is 8.77. The Hall–Kier alpha value is -0.830. The van der Waals surface area contributed by atoms with Gasteiger partial charge in [0.15, 0.2) is 0 Å². The minimum absolute atomic E-state index is 0.136. The summed E-state index contributed by atoms with van der Waals surface area (Å²) >= 11 is 7.67. The normalized spacial score (nSPS) is 12.6. The predicted octanol–water partition coefficient (Wildman–Crippen LogP) is 3.72. The molecule has 0 fully saturated rings. The third-order valence-corrected chi connectivity index (χ3v) is 3.70. The Morgan fingerprint density at radius 3 is 2.75 bits per heavy atom. The van der Waals surface area contributed by atoms with E-state index in [0.717, 1.165) is 17.0 Å². The summed E-state index contributed by atoms with van der Waals surface area (Å²) < 4.78 is 0. The standard InChI is InChI=1S/C13H13ClOS/c14-12-4-1-3-10(7-12)11(9-15)8-13-5-2-6-16-13/h1-7,11,15H,8-9H2. The molecule has 0 aliphatic rings. The van der Waals surface area contributed by atoms with Crippen LogP contribution in [0.25, 0.3) is 0 Å². The fourth-order valence-electron chi connectivity index (χ4n) is 1.72. The first-order valence-electron chi connectivity index (χ1n) is 5.18. The van der Waals surface area contributed by atoms with Crippen LogP contribution in [-0.2, 0) is 6.42 Å². The Morgan fingerprint density at radius 1 is 1.25 bits per heavy atom. The number of hydrogen-bond donors (Lipinski definition) is 1. The summed E-state index contributed by atoms with van der Waals surface area (Å²) in [6, 6.07) is 11.8. The van der Waals surface area contributed by atoms with Gasteiger partial charge in [0, 0.05) is 15.8 Å². The second kappa shape index (κ2) is 5.48. The van der Waals surface area contributed by atoms with Gasteiger partial charge in [-0.25, -0.2) is 0 Å². The number of hydrogen-bond acceptors (Lipinski definition) is 2. The first-order valence-corrected chi connectivity index (χ1v) is 6.44. The topological polar surface area (TPSA) is 20.2 Å². The molecule has 0 spiro atoms. The van der Waals surface area contributed by atoms with E-state index in [4.69, 9.17) is 11.6 Å². The molecule has 1 unspecified atom stereocenters. The van der Waals surface area contributed by atoms with Crippen LogP contribution in [0.15, 0.2) is 41.8 Å². The summed E-state index contributed by atoms with van der Waals surface area (Å²) in [5.41, 5.74) is 1.10. The molecule has 2 aromatic rings. The van der Waals surface area contributed by atoms with Crippen molar-refractivity contribution in [3.63, 3.8) is 0 Å². The molecule has 3 heteroatoms. The summed E-state index contributed by atoms with van der Waals surface area (Å²) in [4.78, 5) is 1.29. The van der Waals surface area contributed by atoms with Gasteiger partial charge in [-0.3, -0.25) is 0 Å². The van der Waals surface area contributed by atoms with E-state index in [-0.39, 0.29) is 12.5 Å². The lowest BCUT2D eigenvalue weighted by Crippen LogP contribution is -2.06. The monoisotopic (exact) mass is 252 g/mol. The second-order valence-electron chi connectivity index (χ2n) is 3.72. The largest absolute Gasteiger partial charge is 0.396 e. The van der Waals surface area contributed by atoms with Gasteiger partial charge in [-0.1, -0.05) is 29.8 Å². The summed E-state index contributed by atoms with van der Waals surface area (Å²) in [5, 5.41) is 12.2. The van der Waals surface area contributed by atoms with E-state index in [2.05, 4.69) is 11.4 Å². The maximum Gasteiger partial charge on any atom is 0.0503 e. The van der Waals surface area contributed by atoms with Gasteiger partial charge in [-0.05, 0) is 35.6 Å². The first kappa shape index (κ1) is 11.6. The van der Waals surface area contributed by atoms with Crippen LogP contribution in [-0.4, -0.2) is 11.7 Å². The fourth-order valence-corrected chi connectivity index (χ4v) is 2.71. The third kappa shape index (κ3) is 2.85. The second-order valence-corrected chi connectivity index (χ2v) is 5.19. The van der Waals surface area contributed by atoms with Crippen molar-refractivity contribution in [1.82, 2.24) is 0 Å². The van der Waals surface area contributed by atoms with Crippen molar-refractivity contribution in [2.45, 2.75) is 12.3 Å². The van der Waals surface area contributed by atoms with E-state index >= 15 is 0 Å². The highest BCUT2D eigenvalue weighted by molar-refractivity contribution is 7.09. The average molecular weight is 253 g/mol. The number of aliphatic hydroxyl groups excluding tert-OH is 1. The number of halogens is 1. The lowest BCUT2D eigenvalue weighted by atomic mass is 9.96. The smallest absolute Gasteiger partial charge is 0.0503 e. The van der Waals surface area contributed by atoms with E-state index in [1.165, 1.54) is 4.88 Å². The number of benzene rings is 1. The van der Waals surface area contributed by atoms with Crippen LogP contribution in [0.1, 0.15) is 16.4 Å². The third-order valence-electron chi connectivity index (χ3n) is 2.57. The van der Waals surface area contributed by atoms with Gasteiger partial charge in [-0.15, -0.1) is 11.3 Å². The quantitative estimate of drug-likeness (QED) is 0.879. The fraction of sp³-hybridized carbons (Fsp3) is 0.231. The Balaban J connectivity index is 2.16. The number of aliphatic hydroxyl groups is 1. The molecule has 1 nitrogen and oxygen atoms in total. The molecule has 1 N–H and O–H groups in total. The maximum absolute atomic E-state index is 9.43. The minimum Gasteiger partial charge on any atom is -0.396 e. The number of thiophene rings is 1. The van der Waals surface area contributed by atoms with Crippen LogP contribution < -0.4 is 0 Å². The summed E-state index contributed by atoms with van der Waals surface area (Å²) in [7, 11) is 0. The van der Waals surface area contributed by atoms with Crippen LogP contribution in [0, 0.1) is 0 Å². The van der Waals surface area contributed by atoms with Gasteiger partial charge in [0.05, 0.1) is 6.61 Å². The molecule has 0 bridgehead atoms. The van der Waals surface area contributed by atoms with Crippen molar-refractivity contribution in [3.05, 3.63) is 57.2 Å². The summed E-state index contributed by atoms with van der Waals surface area (Å²) in [6.45, 7) is 0.151. The molecule has 2 rings (SSSR count). The van der Waals surface area contributed by atoms with E-state index in [1.807, 2.05) is 30.3 Å². The highest BCUT2D eigenvalue weighted by atomic mass is 35.5. The van der Waals surface area contributed by atoms with E-state index < -0.39 is 0 Å². The van der Waals surface area contributed by atoms with Gasteiger partial charge in [0.1, 0.15) is 0 Å². The molecule has 1 atom stereocenters. The van der Waals surface area contributed by atoms with Gasteiger partial charge in [-0.2, -0.15) is 0 Å². The number of rotatable bonds is 4. The van der Waals surface area contributed by atoms with Crippen LogP contribution >= 0.6 is 22.9 Å². The SMILES string of the molecule is OCC(Cc1cccs1)c1cccc(Cl)c1. The zero-order chi connectivity index (χ0) is 11.4. The van der Waals surface area contributed by atoms with Gasteiger partial charge in [0.25, 0.3) is 0 Å². The summed E-state index contributed by atoms with van der Waals surface area (Å²) in [6.07, 6.45) is 0.870. The lowest BCUT2D eigenvalue weighted by Gasteiger charge is -2.13. The molecule has 0 saturated carbocycles. The lowest BCUT2D eigenvalue weighted by molar-refractivity contribution is 0.265. The molecule has 0 aliphatic carbocycles. The van der Waals surface area contributed by atoms with Crippen molar-refractivity contribution >= 4 is 22.9 Å². The highest BCUT2D eigenvalue weighted by Crippen LogP contribution is 2.24. The van der Waals surface area contributed by atoms with Crippen LogP contribution in [0.4, 0.5) is 0 Å². The van der Waals surface area contributed by atoms with Gasteiger partial charge < -0.3 is 5.11 Å². The Kier molecular flexibility index (Phi) is 3.99. The molecule has 84 valence electrons. The zero-order valence-corrected chi connectivity index (χ0v) is 10.3.